The summed E-state index contributed by atoms with van der Waals surface area (Å²) in [5.41, 5.74) is 3.56. The first-order chi connectivity index (χ1) is 10.5. The molecule has 0 saturated carbocycles. The van der Waals surface area contributed by atoms with Crippen molar-refractivity contribution in [2.75, 3.05) is 21.3 Å². The van der Waals surface area contributed by atoms with Crippen LogP contribution in [0.1, 0.15) is 0 Å². The summed E-state index contributed by atoms with van der Waals surface area (Å²) in [6, 6.07) is 11.1. The molecule has 4 nitrogen and oxygen atoms in total. The number of anilines is 4. The van der Waals surface area contributed by atoms with E-state index in [-0.39, 0.29) is 0 Å². The first-order valence-corrected chi connectivity index (χ1v) is 7.58. The topological polar surface area (TPSA) is 48.1 Å². The second kappa shape index (κ2) is 6.04. The van der Waals surface area contributed by atoms with Gasteiger partial charge in [-0.25, -0.2) is 0 Å². The van der Waals surface area contributed by atoms with Gasteiger partial charge in [0, 0.05) is 11.4 Å². The van der Waals surface area contributed by atoms with Gasteiger partial charge in [-0.15, -0.1) is 0 Å². The van der Waals surface area contributed by atoms with E-state index in [0.29, 0.717) is 15.2 Å². The molecule has 1 aliphatic rings. The van der Waals surface area contributed by atoms with E-state index in [2.05, 4.69) is 27.8 Å². The van der Waals surface area contributed by atoms with Gasteiger partial charge in [0.25, 0.3) is 0 Å². The summed E-state index contributed by atoms with van der Waals surface area (Å²) in [5, 5.41) is 13.9. The van der Waals surface area contributed by atoms with Crippen molar-refractivity contribution in [2.45, 2.75) is 0 Å². The Labute approximate surface area is 143 Å². The molecule has 0 radical (unpaired) electrons. The fraction of sp³-hybridized carbons (Fsp3) is 0. The van der Waals surface area contributed by atoms with Gasteiger partial charge in [0.15, 0.2) is 5.11 Å². The molecular formula is C15H12Cl2N4S. The first-order valence-electron chi connectivity index (χ1n) is 6.41. The van der Waals surface area contributed by atoms with Gasteiger partial charge in [-0.1, -0.05) is 29.8 Å². The molecule has 0 fully saturated rings. The number of fused-ring (bicyclic) bond motifs is 1. The number of nitrogens with one attached hydrogen (secondary N) is 4. The molecule has 0 spiro atoms. The van der Waals surface area contributed by atoms with Crippen LogP contribution < -0.4 is 21.3 Å². The average Bonchev–Trinajstić information content (AvgIpc) is 2.82. The molecule has 0 aliphatic carbocycles. The molecule has 0 amide bonds. The third kappa shape index (κ3) is 3.27. The Bertz CT molecular complexity index is 776. The number of halogens is 2. The van der Waals surface area contributed by atoms with Crippen molar-refractivity contribution >= 4 is 63.3 Å². The summed E-state index contributed by atoms with van der Waals surface area (Å²) in [7, 11) is 0. The second-order valence-corrected chi connectivity index (χ2v) is 5.92. The van der Waals surface area contributed by atoms with Crippen molar-refractivity contribution in [3.8, 4) is 0 Å². The number of thiocarbonyl (C=S) groups is 1. The molecule has 4 N–H and O–H groups in total. The molecule has 2 aromatic rings. The molecule has 0 aromatic heterocycles. The van der Waals surface area contributed by atoms with Crippen molar-refractivity contribution in [1.29, 1.82) is 0 Å². The third-order valence-electron chi connectivity index (χ3n) is 3.03. The molecular weight excluding hydrogens is 339 g/mol. The van der Waals surface area contributed by atoms with Gasteiger partial charge in [-0.3, -0.25) is 0 Å². The molecule has 0 bridgehead atoms. The Balaban J connectivity index is 1.68. The van der Waals surface area contributed by atoms with E-state index in [4.69, 9.17) is 35.4 Å². The van der Waals surface area contributed by atoms with Gasteiger partial charge < -0.3 is 21.3 Å². The van der Waals surface area contributed by atoms with Crippen LogP contribution in [0.25, 0.3) is 0 Å². The Morgan fingerprint density at radius 2 is 1.55 bits per heavy atom. The van der Waals surface area contributed by atoms with Gasteiger partial charge >= 0.3 is 0 Å². The zero-order chi connectivity index (χ0) is 15.7. The van der Waals surface area contributed by atoms with E-state index in [1.54, 1.807) is 18.2 Å². The SMILES string of the molecule is C=C1Nc2ccc(NC(=S)Nc3ccc(Cl)c(Cl)c3)cc2N1. The van der Waals surface area contributed by atoms with Crippen molar-refractivity contribution in [3.05, 3.63) is 58.8 Å². The Hall–Kier alpha value is -1.95. The van der Waals surface area contributed by atoms with E-state index in [9.17, 15) is 0 Å². The standard InChI is InChI=1S/C15H12Cl2N4S/c1-8-18-13-5-3-10(7-14(13)19-8)21-15(22)20-9-2-4-11(16)12(17)6-9/h2-7,18-19H,1H2,(H2,20,21,22). The minimum absolute atomic E-state index is 0.461. The molecule has 3 rings (SSSR count). The number of benzene rings is 2. The Kier molecular flexibility index (Phi) is 4.11. The first kappa shape index (κ1) is 15.0. The minimum atomic E-state index is 0.461. The van der Waals surface area contributed by atoms with Crippen LogP contribution in [0.4, 0.5) is 22.7 Å². The van der Waals surface area contributed by atoms with Crippen LogP contribution in [-0.2, 0) is 0 Å². The van der Waals surface area contributed by atoms with Crippen LogP contribution in [0.3, 0.4) is 0 Å². The van der Waals surface area contributed by atoms with E-state index < -0.39 is 0 Å². The maximum atomic E-state index is 5.98. The van der Waals surface area contributed by atoms with E-state index >= 15 is 0 Å². The molecule has 0 saturated heterocycles. The Morgan fingerprint density at radius 3 is 2.27 bits per heavy atom. The maximum absolute atomic E-state index is 5.98. The fourth-order valence-corrected chi connectivity index (χ4v) is 2.59. The molecule has 112 valence electrons. The molecule has 0 unspecified atom stereocenters. The van der Waals surface area contributed by atoms with Gasteiger partial charge in [-0.2, -0.15) is 0 Å². The lowest BCUT2D eigenvalue weighted by atomic mass is 10.2. The van der Waals surface area contributed by atoms with Gasteiger partial charge in [0.05, 0.1) is 21.4 Å². The number of hydrogen-bond acceptors (Lipinski definition) is 3. The summed E-state index contributed by atoms with van der Waals surface area (Å²) in [6.45, 7) is 3.83. The molecule has 22 heavy (non-hydrogen) atoms. The predicted molar refractivity (Wildman–Crippen MR) is 99.1 cm³/mol. The highest BCUT2D eigenvalue weighted by Gasteiger charge is 2.12. The normalized spacial score (nSPS) is 12.2. The quantitative estimate of drug-likeness (QED) is 0.567. The summed E-state index contributed by atoms with van der Waals surface area (Å²) < 4.78 is 0. The second-order valence-electron chi connectivity index (χ2n) is 4.70. The smallest absolute Gasteiger partial charge is 0.175 e. The zero-order valence-electron chi connectivity index (χ0n) is 11.3. The van der Waals surface area contributed by atoms with Gasteiger partial charge in [0.2, 0.25) is 0 Å². The minimum Gasteiger partial charge on any atom is -0.341 e. The number of hydrogen-bond donors (Lipinski definition) is 4. The van der Waals surface area contributed by atoms with Gasteiger partial charge in [-0.05, 0) is 48.6 Å². The molecule has 1 heterocycles. The van der Waals surface area contributed by atoms with Crippen molar-refractivity contribution in [1.82, 2.24) is 0 Å². The number of rotatable bonds is 2. The van der Waals surface area contributed by atoms with Gasteiger partial charge in [0.1, 0.15) is 5.82 Å². The lowest BCUT2D eigenvalue weighted by molar-refractivity contribution is 1.52. The van der Waals surface area contributed by atoms with Crippen LogP contribution >= 0.6 is 35.4 Å². The summed E-state index contributed by atoms with van der Waals surface area (Å²) in [5.74, 6) is 0.753. The van der Waals surface area contributed by atoms with Crippen LogP contribution in [0, 0.1) is 0 Å². The fourth-order valence-electron chi connectivity index (χ4n) is 2.06. The largest absolute Gasteiger partial charge is 0.341 e. The molecule has 0 atom stereocenters. The lowest BCUT2D eigenvalue weighted by Gasteiger charge is -2.12. The molecule has 2 aromatic carbocycles. The summed E-state index contributed by atoms with van der Waals surface area (Å²) in [4.78, 5) is 0. The maximum Gasteiger partial charge on any atom is 0.175 e. The summed E-state index contributed by atoms with van der Waals surface area (Å²) in [6.07, 6.45) is 0. The molecule has 7 heteroatoms. The monoisotopic (exact) mass is 350 g/mol. The highest BCUT2D eigenvalue weighted by molar-refractivity contribution is 7.80. The molecule has 1 aliphatic heterocycles. The zero-order valence-corrected chi connectivity index (χ0v) is 13.7. The van der Waals surface area contributed by atoms with Crippen molar-refractivity contribution in [3.63, 3.8) is 0 Å². The van der Waals surface area contributed by atoms with Crippen LogP contribution in [0.15, 0.2) is 48.8 Å². The van der Waals surface area contributed by atoms with Crippen LogP contribution in [0.2, 0.25) is 10.0 Å². The van der Waals surface area contributed by atoms with E-state index in [1.807, 2.05) is 18.2 Å². The highest BCUT2D eigenvalue weighted by Crippen LogP contribution is 2.32. The highest BCUT2D eigenvalue weighted by atomic mass is 35.5. The predicted octanol–water partition coefficient (Wildman–Crippen LogP) is 5.11. The third-order valence-corrected chi connectivity index (χ3v) is 3.97. The van der Waals surface area contributed by atoms with E-state index in [0.717, 1.165) is 28.6 Å². The van der Waals surface area contributed by atoms with Crippen LogP contribution in [0.5, 0.6) is 0 Å². The average molecular weight is 351 g/mol. The Morgan fingerprint density at radius 1 is 0.909 bits per heavy atom. The summed E-state index contributed by atoms with van der Waals surface area (Å²) >= 11 is 17.2. The van der Waals surface area contributed by atoms with Crippen molar-refractivity contribution in [2.24, 2.45) is 0 Å². The van der Waals surface area contributed by atoms with Crippen molar-refractivity contribution < 1.29 is 0 Å². The van der Waals surface area contributed by atoms with E-state index in [1.165, 1.54) is 0 Å². The van der Waals surface area contributed by atoms with Crippen LogP contribution in [-0.4, -0.2) is 5.11 Å². The lowest BCUT2D eigenvalue weighted by Crippen LogP contribution is -2.19.